The van der Waals surface area contributed by atoms with Crippen LogP contribution in [-0.2, 0) is 59.0 Å². The molecule has 121 heavy (non-hydrogen) atoms. The number of nitrogens with two attached hydrogens (primary N) is 3. The van der Waals surface area contributed by atoms with E-state index in [4.69, 9.17) is 60.4 Å². The fraction of sp³-hybridized carbons (Fsp3) is 0.565. The first-order valence-corrected chi connectivity index (χ1v) is 41.9. The van der Waals surface area contributed by atoms with Crippen LogP contribution in [0.15, 0.2) is 108 Å². The van der Waals surface area contributed by atoms with Crippen molar-refractivity contribution in [2.45, 2.75) is 205 Å². The molecular weight excluding hydrogens is 1560 g/mol. The predicted octanol–water partition coefficient (Wildman–Crippen LogP) is 6.11. The van der Waals surface area contributed by atoms with Crippen molar-refractivity contribution in [1.82, 2.24) is 75.2 Å². The average molecular weight is 1670 g/mol. The fourth-order valence-electron chi connectivity index (χ4n) is 16.7. The molecule has 36 nitrogen and oxygen atoms in total. The van der Waals surface area contributed by atoms with Crippen LogP contribution in [0.3, 0.4) is 0 Å². The second-order valence-corrected chi connectivity index (χ2v) is 32.6. The van der Waals surface area contributed by atoms with E-state index in [1.165, 1.54) is 31.7 Å². The van der Waals surface area contributed by atoms with Crippen LogP contribution in [0.25, 0.3) is 44.6 Å². The third-order valence-corrected chi connectivity index (χ3v) is 23.9. The van der Waals surface area contributed by atoms with Crippen LogP contribution in [0.1, 0.15) is 154 Å². The fourth-order valence-corrected chi connectivity index (χ4v) is 16.7. The number of aryl methyl sites for hydroxylation is 1. The van der Waals surface area contributed by atoms with Gasteiger partial charge < -0.3 is 86.0 Å². The van der Waals surface area contributed by atoms with Crippen molar-refractivity contribution in [3.63, 3.8) is 0 Å². The lowest BCUT2D eigenvalue weighted by molar-refractivity contribution is -0.265. The first kappa shape index (κ1) is 89.5. The second kappa shape index (κ2) is 41.2. The molecular formula is C85H114N20O16. The third-order valence-electron chi connectivity index (χ3n) is 23.9. The number of piperidine rings is 1. The van der Waals surface area contributed by atoms with Crippen molar-refractivity contribution < 1.29 is 77.0 Å². The number of esters is 1. The van der Waals surface area contributed by atoms with Gasteiger partial charge in [0.05, 0.1) is 54.7 Å². The molecule has 0 radical (unpaired) electrons. The lowest BCUT2D eigenvalue weighted by atomic mass is 9.79. The minimum absolute atomic E-state index is 0.00624. The van der Waals surface area contributed by atoms with Crippen LogP contribution in [0, 0.1) is 29.6 Å². The SMILES string of the molecule is CO[C@H]1C[C@@H]2CC[C@@H](C)[C@@](O)(O2)C(=O)C(=O)N2CCCC[C@H]2C(=O)OC([C@H](N)C[C@@H]2CC[C@H](n3cc(-c4cnc(N5CCN(c6ncc(C(=O)NCCOCCC(=O)NCCCCn7nc(-c8ccc9oc(N)nc9c8)c8c(N)ncnc87)cn6)CC5)nc4)nn3)[C@H](OC)C2)CC(=O)[C@H](C)/C=C(\C)[C@@H](O)[C@@H](O)C(=O)[C@H](C)C[C@H](C)/C=C/C=CC=C1C. The molecule has 4 fully saturated rings. The van der Waals surface area contributed by atoms with Gasteiger partial charge in [-0.15, -0.1) is 5.10 Å². The Labute approximate surface area is 701 Å². The van der Waals surface area contributed by atoms with Crippen LogP contribution in [0.5, 0.6) is 0 Å². The van der Waals surface area contributed by atoms with Gasteiger partial charge in [0.1, 0.15) is 59.2 Å². The van der Waals surface area contributed by atoms with Gasteiger partial charge in [-0.1, -0.05) is 69.4 Å². The number of aliphatic hydroxyl groups excluding tert-OH is 2. The largest absolute Gasteiger partial charge is 0.459 e. The number of methoxy groups -OCH3 is 2. The second-order valence-electron chi connectivity index (χ2n) is 32.6. The maximum Gasteiger partial charge on any atom is 0.329 e. The number of allylic oxidation sites excluding steroid dienone is 6. The van der Waals surface area contributed by atoms with Crippen LogP contribution in [0.4, 0.5) is 23.7 Å². The van der Waals surface area contributed by atoms with Gasteiger partial charge in [0.25, 0.3) is 23.6 Å². The number of cyclic esters (lactones) is 1. The summed E-state index contributed by atoms with van der Waals surface area (Å²) in [6, 6.07) is 3.06. The number of benzene rings is 1. The Morgan fingerprint density at radius 1 is 0.777 bits per heavy atom. The number of ketones is 3. The van der Waals surface area contributed by atoms with E-state index in [1.807, 2.05) is 67.5 Å². The highest BCUT2D eigenvalue weighted by Gasteiger charge is 2.53. The van der Waals surface area contributed by atoms with Crippen LogP contribution in [-0.4, -0.2) is 249 Å². The van der Waals surface area contributed by atoms with Crippen molar-refractivity contribution in [2.75, 3.05) is 94.5 Å². The van der Waals surface area contributed by atoms with Gasteiger partial charge >= 0.3 is 5.97 Å². The Morgan fingerprint density at radius 3 is 2.26 bits per heavy atom. The summed E-state index contributed by atoms with van der Waals surface area (Å²) >= 11 is 0. The summed E-state index contributed by atoms with van der Waals surface area (Å²) in [6.07, 6.45) is 20.0. The van der Waals surface area contributed by atoms with Crippen molar-refractivity contribution >= 4 is 86.9 Å². The zero-order valence-corrected chi connectivity index (χ0v) is 70.0. The Bertz CT molecular complexity index is 4890. The summed E-state index contributed by atoms with van der Waals surface area (Å²) in [5.74, 6) is -8.37. The third kappa shape index (κ3) is 22.1. The molecule has 1 saturated carbocycles. The molecule has 10 heterocycles. The van der Waals surface area contributed by atoms with Crippen LogP contribution in [0.2, 0.25) is 0 Å². The number of nitrogens with zero attached hydrogens (tertiary/aromatic N) is 15. The number of nitrogen functional groups attached to an aromatic ring is 2. The van der Waals surface area contributed by atoms with E-state index in [0.29, 0.717) is 160 Å². The van der Waals surface area contributed by atoms with Crippen LogP contribution >= 0.6 is 0 Å². The minimum Gasteiger partial charge on any atom is -0.459 e. The predicted molar refractivity (Wildman–Crippen MR) is 447 cm³/mol. The number of hydrogen-bond donors (Lipinski definition) is 8. The molecule has 11 N–H and O–H groups in total. The minimum atomic E-state index is -2.51. The van der Waals surface area contributed by atoms with Gasteiger partial charge in [0, 0.05) is 146 Å². The van der Waals surface area contributed by atoms with Crippen molar-refractivity contribution in [1.29, 1.82) is 0 Å². The average Bonchev–Trinajstić information content (AvgIpc) is 1.55. The summed E-state index contributed by atoms with van der Waals surface area (Å²) in [6.45, 7) is 14.1. The Kier molecular flexibility index (Phi) is 30.5. The molecule has 6 aromatic heterocycles. The Balaban J connectivity index is 0.598. The number of amides is 3. The number of carbonyl (C=O) groups excluding carboxylic acids is 7. The van der Waals surface area contributed by atoms with E-state index < -0.39 is 95.4 Å². The number of Topliss-reactive ketones (excluding diaryl/α,β-unsaturated/α-hetero) is 3. The van der Waals surface area contributed by atoms with Gasteiger partial charge in [-0.25, -0.2) is 44.1 Å². The lowest BCUT2D eigenvalue weighted by Crippen LogP contribution is -2.61. The molecule has 1 aliphatic carbocycles. The zero-order valence-electron chi connectivity index (χ0n) is 70.0. The maximum absolute atomic E-state index is 14.8. The lowest BCUT2D eigenvalue weighted by Gasteiger charge is -2.42. The molecule has 12 rings (SSSR count). The first-order valence-electron chi connectivity index (χ1n) is 41.9. The number of piperazine rings is 1. The quantitative estimate of drug-likeness (QED) is 0.0164. The molecule has 1 aromatic carbocycles. The molecule has 36 heteroatoms. The number of carbonyl (C=O) groups is 7. The molecule has 4 aliphatic heterocycles. The Hall–Kier alpha value is -10.7. The van der Waals surface area contributed by atoms with E-state index in [1.54, 1.807) is 62.8 Å². The smallest absolute Gasteiger partial charge is 0.329 e. The first-order chi connectivity index (χ1) is 58.2. The van der Waals surface area contributed by atoms with Gasteiger partial charge in [-0.2, -0.15) is 10.1 Å². The van der Waals surface area contributed by atoms with Crippen molar-refractivity contribution in [3.05, 3.63) is 109 Å². The summed E-state index contributed by atoms with van der Waals surface area (Å²) < 4.78 is 39.2. The standard InChI is InChI=1S/C85H114N20O16/c1-49-16-10-9-11-17-50(2)67(116-7)41-59-22-19-54(6)85(115,121-59)76(111)80(113)103-28-14-12-18-64(103)81(114)119-68(42-65(106)51(3)37-53(5)74(109)75(110)73(108)52(4)36-49)60(86)38-55-20-23-63(69(39-55)117-8)105-47-62(98-100-105)57-43-91-83(92-44-57)101-30-32-102(33-31-101)84-93-45-58(46-94-84)79(112)90-27-35-118-34-25-70(107)89-26-13-15-29-104-78-71(77(87)95-48-96-78)72(99-104)56-21-24-66-61(40-56)97-82(88)120-66/h9-11,16-17,21,24,37,40,43-49,51-52,54-55,59-60,63-64,67-69,74-75,109-110,115H,12-15,18-20,22-23,25-36,38-39,41-42,86H2,1-8H3,(H2,88,97)(H,89,107)(H,90,112)(H2,87,95,96)/b11-9?,16-10+,50-17?,53-37+/t49-,51-,52-,54-,55+,59+,60-,63+,64+,67+,68?,69-,74-,75+,85-/m1/s1. The molecule has 0 spiro atoms. The summed E-state index contributed by atoms with van der Waals surface area (Å²) in [4.78, 5) is 134. The number of fused-ring (bicyclic) bond motifs is 5. The van der Waals surface area contributed by atoms with Gasteiger partial charge in [-0.3, -0.25) is 28.8 Å². The number of ether oxygens (including phenoxy) is 5. The molecule has 7 aromatic rings. The number of nitrogens with one attached hydrogen (secondary N) is 2. The highest BCUT2D eigenvalue weighted by molar-refractivity contribution is 6.39. The topological polar surface area (TPSA) is 490 Å². The van der Waals surface area contributed by atoms with Crippen molar-refractivity contribution in [3.8, 4) is 22.5 Å². The van der Waals surface area contributed by atoms with Crippen molar-refractivity contribution in [2.24, 2.45) is 35.3 Å². The number of aliphatic hydroxyl groups is 3. The highest BCUT2D eigenvalue weighted by atomic mass is 16.6. The number of oxazole rings is 1. The number of anilines is 4. The number of aromatic nitrogens is 12. The summed E-state index contributed by atoms with van der Waals surface area (Å²) in [7, 11) is 3.17. The summed E-state index contributed by atoms with van der Waals surface area (Å²) in [5.41, 5.74) is 24.8. The molecule has 650 valence electrons. The van der Waals surface area contributed by atoms with E-state index in [9.17, 15) is 48.9 Å². The number of rotatable bonds is 22. The molecule has 15 atom stereocenters. The number of hydrogen-bond acceptors (Lipinski definition) is 31. The monoisotopic (exact) mass is 1670 g/mol. The molecule has 5 aliphatic rings. The normalized spacial score (nSPS) is 27.2. The molecule has 1 unspecified atom stereocenters. The van der Waals surface area contributed by atoms with Gasteiger partial charge in [0.2, 0.25) is 23.6 Å². The van der Waals surface area contributed by atoms with Gasteiger partial charge in [-0.05, 0) is 132 Å². The summed E-state index contributed by atoms with van der Waals surface area (Å²) in [5, 5.41) is 55.0. The molecule has 2 bridgehead atoms. The van der Waals surface area contributed by atoms with Crippen LogP contribution < -0.4 is 37.6 Å². The highest BCUT2D eigenvalue weighted by Crippen LogP contribution is 2.40. The van der Waals surface area contributed by atoms with E-state index in [0.717, 1.165) is 16.0 Å². The number of unbranched alkanes of at least 4 members (excludes halogenated alkanes) is 1. The Morgan fingerprint density at radius 2 is 1.52 bits per heavy atom. The maximum atomic E-state index is 14.8. The van der Waals surface area contributed by atoms with E-state index in [-0.39, 0.29) is 111 Å². The molecule has 3 amide bonds. The zero-order chi connectivity index (χ0) is 86.2. The molecule has 3 saturated heterocycles. The van der Waals surface area contributed by atoms with E-state index in [2.05, 4.69) is 50.8 Å². The van der Waals surface area contributed by atoms with E-state index >= 15 is 0 Å². The van der Waals surface area contributed by atoms with Gasteiger partial charge in [0.15, 0.2) is 17.0 Å².